The Balaban J connectivity index is 0.00000197. The van der Waals surface area contributed by atoms with E-state index in [0.29, 0.717) is 53.7 Å². The average molecular weight is 671 g/mol. The van der Waals surface area contributed by atoms with Crippen LogP contribution < -0.4 is 15.0 Å². The summed E-state index contributed by atoms with van der Waals surface area (Å²) in [6.45, 7) is 6.29. The third-order valence-electron chi connectivity index (χ3n) is 9.66. The van der Waals surface area contributed by atoms with E-state index >= 15 is 4.39 Å². The third-order valence-corrected chi connectivity index (χ3v) is 9.66. The molecule has 5 heterocycles. The normalized spacial score (nSPS) is 19.2. The van der Waals surface area contributed by atoms with Crippen LogP contribution in [-0.4, -0.2) is 89.1 Å². The zero-order chi connectivity index (χ0) is 34.0. The van der Waals surface area contributed by atoms with Crippen LogP contribution in [0.5, 0.6) is 11.8 Å². The van der Waals surface area contributed by atoms with Crippen LogP contribution in [0.15, 0.2) is 30.5 Å². The van der Waals surface area contributed by atoms with Crippen molar-refractivity contribution < 1.29 is 32.1 Å². The molecule has 3 saturated heterocycles. The number of nitrogens with one attached hydrogen (secondary N) is 1. The van der Waals surface area contributed by atoms with Crippen molar-refractivity contribution in [3.05, 3.63) is 47.7 Å². The summed E-state index contributed by atoms with van der Waals surface area (Å²) in [6.07, 6.45) is 5.98. The maximum Gasteiger partial charge on any atom is 0.345 e. The molecule has 0 bridgehead atoms. The maximum atomic E-state index is 16.8. The Morgan fingerprint density at radius 3 is 2.58 bits per heavy atom. The molecule has 1 unspecified atom stereocenters. The van der Waals surface area contributed by atoms with Crippen LogP contribution in [0.4, 0.5) is 23.4 Å². The molecular formula is C35H42F4N6O3. The van der Waals surface area contributed by atoms with E-state index in [1.54, 1.807) is 6.07 Å². The van der Waals surface area contributed by atoms with Gasteiger partial charge in [-0.05, 0) is 79.7 Å². The van der Waals surface area contributed by atoms with Gasteiger partial charge in [0.1, 0.15) is 35.2 Å². The fraction of sp³-hybridized carbons (Fsp3) is 0.514. The van der Waals surface area contributed by atoms with E-state index in [0.717, 1.165) is 38.8 Å². The van der Waals surface area contributed by atoms with Crippen LogP contribution in [-0.2, 0) is 11.2 Å². The van der Waals surface area contributed by atoms with E-state index in [-0.39, 0.29) is 47.2 Å². The SMILES string of the molecule is CC.CCc1c(F)ccc2cc(O)cc(-c3ncc4c(N5CCNC(COC(F)F)C5)nc(OCC56CCCN5CCC6)nc4c3F)c12. The molecule has 1 atom stereocenters. The minimum Gasteiger partial charge on any atom is -0.508 e. The van der Waals surface area contributed by atoms with Gasteiger partial charge in [0.05, 0.1) is 17.5 Å². The Bertz CT molecular complexity index is 1770. The van der Waals surface area contributed by atoms with Gasteiger partial charge in [0.15, 0.2) is 5.82 Å². The molecule has 2 N–H and O–H groups in total. The van der Waals surface area contributed by atoms with Gasteiger partial charge in [0.2, 0.25) is 0 Å². The van der Waals surface area contributed by atoms with Crippen molar-refractivity contribution in [1.82, 2.24) is 25.2 Å². The second-order valence-electron chi connectivity index (χ2n) is 12.4. The lowest BCUT2D eigenvalue weighted by Crippen LogP contribution is -2.53. The van der Waals surface area contributed by atoms with E-state index in [1.807, 2.05) is 25.7 Å². The van der Waals surface area contributed by atoms with Gasteiger partial charge < -0.3 is 24.8 Å². The molecule has 3 aliphatic rings. The summed E-state index contributed by atoms with van der Waals surface area (Å²) in [4.78, 5) is 18.1. The number of hydrogen-bond acceptors (Lipinski definition) is 9. The predicted molar refractivity (Wildman–Crippen MR) is 177 cm³/mol. The Morgan fingerprint density at radius 2 is 1.85 bits per heavy atom. The van der Waals surface area contributed by atoms with E-state index in [9.17, 15) is 18.3 Å². The van der Waals surface area contributed by atoms with Crippen LogP contribution >= 0.6 is 0 Å². The summed E-state index contributed by atoms with van der Waals surface area (Å²) in [5.74, 6) is -0.937. The average Bonchev–Trinajstić information content (AvgIpc) is 3.68. The Hall–Kier alpha value is -3.81. The van der Waals surface area contributed by atoms with Gasteiger partial charge in [-0.25, -0.2) is 8.78 Å². The number of phenolic OH excluding ortho intramolecular Hbond substituents is 1. The van der Waals surface area contributed by atoms with Crippen molar-refractivity contribution in [2.24, 2.45) is 0 Å². The standard InChI is InChI=1S/C33H36F4N6O3.C2H6/c1-2-22-25(34)6-5-19-13-21(44)14-23(26(19)22)28-27(35)29-24(15-39-28)30(42-12-9-38-20(16-42)17-45-31(36)37)41-32(40-29)46-18-33-7-3-10-43(33)11-4-8-33;1-2/h5-6,13-15,20,31,38,44H,2-4,7-12,16-18H2,1H3;1-2H3. The van der Waals surface area contributed by atoms with E-state index in [1.165, 1.54) is 24.4 Å². The zero-order valence-electron chi connectivity index (χ0n) is 27.5. The van der Waals surface area contributed by atoms with Crippen LogP contribution in [0.25, 0.3) is 32.9 Å². The molecule has 3 fully saturated rings. The highest BCUT2D eigenvalue weighted by Gasteiger charge is 2.45. The number of ether oxygens (including phenoxy) is 2. The van der Waals surface area contributed by atoms with E-state index in [4.69, 9.17) is 9.72 Å². The molecule has 4 aromatic rings. The first-order valence-electron chi connectivity index (χ1n) is 16.8. The Labute approximate surface area is 277 Å². The number of nitrogens with zero attached hydrogens (tertiary/aromatic N) is 5. The van der Waals surface area contributed by atoms with E-state index < -0.39 is 24.3 Å². The van der Waals surface area contributed by atoms with Crippen molar-refractivity contribution in [3.8, 4) is 23.0 Å². The highest BCUT2D eigenvalue weighted by atomic mass is 19.3. The number of anilines is 1. The van der Waals surface area contributed by atoms with Crippen LogP contribution in [0.2, 0.25) is 0 Å². The van der Waals surface area contributed by atoms with Gasteiger partial charge in [0, 0.05) is 37.4 Å². The molecule has 0 spiro atoms. The summed E-state index contributed by atoms with van der Waals surface area (Å²) in [6, 6.07) is 5.36. The number of alkyl halides is 2. The molecule has 2 aromatic heterocycles. The van der Waals surface area contributed by atoms with Gasteiger partial charge >= 0.3 is 12.6 Å². The molecule has 7 rings (SSSR count). The van der Waals surface area contributed by atoms with Gasteiger partial charge in [0.25, 0.3) is 0 Å². The highest BCUT2D eigenvalue weighted by molar-refractivity contribution is 6.01. The number of hydrogen-bond donors (Lipinski definition) is 2. The number of aryl methyl sites for hydroxylation is 1. The second-order valence-corrected chi connectivity index (χ2v) is 12.4. The van der Waals surface area contributed by atoms with Crippen molar-refractivity contribution in [1.29, 1.82) is 0 Å². The summed E-state index contributed by atoms with van der Waals surface area (Å²) in [7, 11) is 0. The third kappa shape index (κ3) is 6.47. The van der Waals surface area contributed by atoms with E-state index in [2.05, 4.69) is 24.9 Å². The molecule has 258 valence electrons. The lowest BCUT2D eigenvalue weighted by molar-refractivity contribution is -0.133. The topological polar surface area (TPSA) is 95.9 Å². The number of halogens is 4. The first kappa shape index (κ1) is 34.1. The summed E-state index contributed by atoms with van der Waals surface area (Å²) in [5, 5.41) is 15.1. The minimum absolute atomic E-state index is 0.00615. The fourth-order valence-electron chi connectivity index (χ4n) is 7.53. The number of fused-ring (bicyclic) bond motifs is 3. The highest BCUT2D eigenvalue weighted by Crippen LogP contribution is 2.41. The number of piperazine rings is 1. The van der Waals surface area contributed by atoms with Gasteiger partial charge in [-0.3, -0.25) is 9.88 Å². The Morgan fingerprint density at radius 1 is 1.08 bits per heavy atom. The molecule has 48 heavy (non-hydrogen) atoms. The second kappa shape index (κ2) is 14.4. The van der Waals surface area contributed by atoms with Crippen molar-refractivity contribution in [2.45, 2.75) is 71.1 Å². The maximum absolute atomic E-state index is 16.8. The molecule has 0 amide bonds. The summed E-state index contributed by atoms with van der Waals surface area (Å²) < 4.78 is 68.2. The van der Waals surface area contributed by atoms with Gasteiger partial charge in [-0.1, -0.05) is 26.8 Å². The number of phenols is 1. The summed E-state index contributed by atoms with van der Waals surface area (Å²) >= 11 is 0. The van der Waals surface area contributed by atoms with Gasteiger partial charge in [-0.15, -0.1) is 0 Å². The molecule has 2 aromatic carbocycles. The molecule has 3 aliphatic heterocycles. The van der Waals surface area contributed by atoms with Crippen LogP contribution in [0.1, 0.15) is 52.0 Å². The quantitative estimate of drug-likeness (QED) is 0.195. The Kier molecular flexibility index (Phi) is 10.2. The number of benzene rings is 2. The molecule has 0 saturated carbocycles. The molecule has 13 heteroatoms. The zero-order valence-corrected chi connectivity index (χ0v) is 27.5. The number of aromatic nitrogens is 3. The number of aromatic hydroxyl groups is 1. The van der Waals surface area contributed by atoms with Gasteiger partial charge in [-0.2, -0.15) is 18.7 Å². The van der Waals surface area contributed by atoms with Crippen molar-refractivity contribution in [3.63, 3.8) is 0 Å². The summed E-state index contributed by atoms with van der Waals surface area (Å²) in [5.41, 5.74) is 0.391. The largest absolute Gasteiger partial charge is 0.508 e. The minimum atomic E-state index is -2.89. The fourth-order valence-corrected chi connectivity index (χ4v) is 7.53. The molecule has 0 radical (unpaired) electrons. The number of pyridine rings is 1. The smallest absolute Gasteiger partial charge is 0.345 e. The van der Waals surface area contributed by atoms with Crippen LogP contribution in [0, 0.1) is 11.6 Å². The lowest BCUT2D eigenvalue weighted by atomic mass is 9.94. The molecular weight excluding hydrogens is 628 g/mol. The first-order valence-corrected chi connectivity index (χ1v) is 16.8. The number of rotatable bonds is 9. The van der Waals surface area contributed by atoms with Crippen molar-refractivity contribution >= 4 is 27.5 Å². The predicted octanol–water partition coefficient (Wildman–Crippen LogP) is 6.44. The lowest BCUT2D eigenvalue weighted by Gasteiger charge is -2.35. The monoisotopic (exact) mass is 670 g/mol. The molecule has 9 nitrogen and oxygen atoms in total. The van der Waals surface area contributed by atoms with Crippen LogP contribution in [0.3, 0.4) is 0 Å². The first-order chi connectivity index (χ1) is 23.3. The molecule has 0 aliphatic carbocycles. The van der Waals surface area contributed by atoms with Crippen molar-refractivity contribution in [2.75, 3.05) is 50.8 Å².